The summed E-state index contributed by atoms with van der Waals surface area (Å²) in [4.78, 5) is 19.2. The van der Waals surface area contributed by atoms with Gasteiger partial charge in [0.1, 0.15) is 0 Å². The summed E-state index contributed by atoms with van der Waals surface area (Å²) < 4.78 is 0. The van der Waals surface area contributed by atoms with Crippen molar-refractivity contribution in [3.8, 4) is 44.5 Å². The van der Waals surface area contributed by atoms with Gasteiger partial charge in [-0.25, -0.2) is 9.97 Å². The average Bonchev–Trinajstić information content (AvgIpc) is 3.99. The van der Waals surface area contributed by atoms with Crippen LogP contribution in [-0.2, 0) is 19.5 Å². The van der Waals surface area contributed by atoms with Crippen molar-refractivity contribution in [2.75, 3.05) is 0 Å². The van der Waals surface area contributed by atoms with Crippen LogP contribution in [0.2, 0.25) is 0 Å². The van der Waals surface area contributed by atoms with Crippen molar-refractivity contribution in [1.29, 1.82) is 0 Å². The fourth-order valence-corrected chi connectivity index (χ4v) is 10.6. The molecule has 0 saturated heterocycles. The van der Waals surface area contributed by atoms with E-state index in [4.69, 9.17) is 9.97 Å². The molecule has 8 bridgehead atoms. The first-order valence-electron chi connectivity index (χ1n) is 21.2. The van der Waals surface area contributed by atoms with Crippen LogP contribution in [0.4, 0.5) is 0 Å². The molecule has 0 saturated carbocycles. The molecule has 7 aromatic rings. The van der Waals surface area contributed by atoms with Crippen molar-refractivity contribution >= 4 is 46.4 Å². The van der Waals surface area contributed by atoms with Gasteiger partial charge in [0.25, 0.3) is 0 Å². The van der Waals surface area contributed by atoms with Crippen LogP contribution in [0.25, 0.3) is 90.9 Å². The molecule has 5 heterocycles. The molecule has 61 heavy (non-hydrogen) atoms. The summed E-state index contributed by atoms with van der Waals surface area (Å²) in [6, 6.07) is 27.3. The SMILES string of the molecule is Cc1cc(C)c(-c2c3nc(c(-c4c(C)cc(C)cc4C)c4ccc([nH]4)c(-c4c(C)cc(C)cc4C)c4nc(c(-c5c(C)cc(C)cc5C)c5ccc2[nH]5)C=C4)C=C3)c(C)c1.[Zn]. The molecule has 2 N–H and O–H groups in total. The molecule has 2 aliphatic rings. The second-order valence-electron chi connectivity index (χ2n) is 17.6. The number of hydrogen-bond donors (Lipinski definition) is 2. The fraction of sp³-hybridized carbons (Fsp3) is 0.214. The number of H-pyrrole nitrogens is 2. The Morgan fingerprint density at radius 2 is 0.459 bits per heavy atom. The average molecular weight is 848 g/mol. The fourth-order valence-electron chi connectivity index (χ4n) is 10.6. The van der Waals surface area contributed by atoms with Crippen LogP contribution in [0.3, 0.4) is 0 Å². The Labute approximate surface area is 373 Å². The number of benzene rings is 4. The number of nitrogens with one attached hydrogen (secondary N) is 2. The molecule has 0 radical (unpaired) electrons. The zero-order valence-electron chi connectivity index (χ0n) is 37.8. The Balaban J connectivity index is 0.00000514. The molecule has 3 aromatic heterocycles. The maximum absolute atomic E-state index is 5.63. The number of rotatable bonds is 4. The summed E-state index contributed by atoms with van der Waals surface area (Å²) in [5.41, 5.74) is 31.8. The van der Waals surface area contributed by atoms with Crippen molar-refractivity contribution in [2.24, 2.45) is 0 Å². The van der Waals surface area contributed by atoms with Gasteiger partial charge in [-0.3, -0.25) is 0 Å². The molecule has 9 rings (SSSR count). The summed E-state index contributed by atoms with van der Waals surface area (Å²) in [7, 11) is 0. The number of aryl methyl sites for hydroxylation is 12. The first-order valence-corrected chi connectivity index (χ1v) is 21.2. The van der Waals surface area contributed by atoms with Gasteiger partial charge in [-0.05, 0) is 198 Å². The molecule has 2 aliphatic heterocycles. The zero-order chi connectivity index (χ0) is 42.3. The van der Waals surface area contributed by atoms with E-state index in [1.807, 2.05) is 0 Å². The molecule has 300 valence electrons. The van der Waals surface area contributed by atoms with Gasteiger partial charge in [0.2, 0.25) is 0 Å². The third kappa shape index (κ3) is 7.27. The van der Waals surface area contributed by atoms with Crippen LogP contribution in [0.15, 0.2) is 72.8 Å². The van der Waals surface area contributed by atoms with Crippen molar-refractivity contribution in [3.05, 3.63) is 162 Å². The first-order chi connectivity index (χ1) is 28.7. The first kappa shape index (κ1) is 41.8. The second-order valence-corrected chi connectivity index (χ2v) is 17.6. The topological polar surface area (TPSA) is 57.4 Å². The number of aromatic amines is 2. The summed E-state index contributed by atoms with van der Waals surface area (Å²) in [6.07, 6.45) is 8.85. The molecule has 0 amide bonds. The van der Waals surface area contributed by atoms with E-state index in [1.54, 1.807) is 0 Å². The number of aromatic nitrogens is 4. The molecular formula is C56H54N4Zn. The van der Waals surface area contributed by atoms with Crippen LogP contribution < -0.4 is 0 Å². The summed E-state index contributed by atoms with van der Waals surface area (Å²) in [6.45, 7) is 26.5. The maximum atomic E-state index is 5.63. The standard InChI is InChI=1S/C56H54N4.Zn/c1-29-21-33(5)49(34(6)22-29)53-41-13-15-43(57-41)54(50-35(7)23-30(2)24-36(50)8)45-17-19-47(59-45)56(52-39(11)27-32(4)28-40(52)12)48-20-18-46(60-48)55(44-16-14-42(53)58-44)51-37(9)25-31(3)26-38(51)10;/h13-28,57,60H,1-12H3;. The van der Waals surface area contributed by atoms with Gasteiger partial charge < -0.3 is 9.97 Å². The predicted octanol–water partition coefficient (Wildman–Crippen LogP) is 15.0. The Bertz CT molecular complexity index is 2710. The summed E-state index contributed by atoms with van der Waals surface area (Å²) in [5.74, 6) is 0. The zero-order valence-corrected chi connectivity index (χ0v) is 40.8. The molecular weight excluding hydrogens is 794 g/mol. The van der Waals surface area contributed by atoms with Crippen molar-refractivity contribution < 1.29 is 19.5 Å². The summed E-state index contributed by atoms with van der Waals surface area (Å²) >= 11 is 0. The third-order valence-corrected chi connectivity index (χ3v) is 12.5. The minimum absolute atomic E-state index is 0. The largest absolute Gasteiger partial charge is 0.354 e. The Morgan fingerprint density at radius 1 is 0.279 bits per heavy atom. The van der Waals surface area contributed by atoms with E-state index in [0.717, 1.165) is 67.1 Å². The molecule has 4 nitrogen and oxygen atoms in total. The minimum atomic E-state index is 0. The van der Waals surface area contributed by atoms with Gasteiger partial charge in [-0.2, -0.15) is 0 Å². The number of hydrogen-bond acceptors (Lipinski definition) is 2. The molecule has 0 fully saturated rings. The van der Waals surface area contributed by atoms with E-state index in [1.165, 1.54) is 89.0 Å². The van der Waals surface area contributed by atoms with Crippen molar-refractivity contribution in [2.45, 2.75) is 83.1 Å². The maximum Gasteiger partial charge on any atom is 0.0737 e. The molecule has 5 heteroatoms. The Kier molecular flexibility index (Phi) is 10.9. The van der Waals surface area contributed by atoms with Gasteiger partial charge in [0.05, 0.1) is 22.8 Å². The third-order valence-electron chi connectivity index (χ3n) is 12.5. The molecule has 4 aromatic carbocycles. The van der Waals surface area contributed by atoms with E-state index in [0.29, 0.717) is 0 Å². The van der Waals surface area contributed by atoms with Crippen LogP contribution in [0, 0.1) is 83.1 Å². The van der Waals surface area contributed by atoms with Gasteiger partial charge in [0.15, 0.2) is 0 Å². The normalized spacial score (nSPS) is 12.0. The smallest absolute Gasteiger partial charge is 0.0737 e. The van der Waals surface area contributed by atoms with E-state index >= 15 is 0 Å². The van der Waals surface area contributed by atoms with E-state index < -0.39 is 0 Å². The molecule has 0 spiro atoms. The summed E-state index contributed by atoms with van der Waals surface area (Å²) in [5, 5.41) is 0. The predicted molar refractivity (Wildman–Crippen MR) is 257 cm³/mol. The van der Waals surface area contributed by atoms with E-state index in [9.17, 15) is 0 Å². The van der Waals surface area contributed by atoms with Gasteiger partial charge in [-0.15, -0.1) is 0 Å². The molecule has 0 aliphatic carbocycles. The van der Waals surface area contributed by atoms with Crippen LogP contribution in [0.5, 0.6) is 0 Å². The van der Waals surface area contributed by atoms with Crippen molar-refractivity contribution in [1.82, 2.24) is 19.9 Å². The monoisotopic (exact) mass is 846 g/mol. The Morgan fingerprint density at radius 3 is 0.639 bits per heavy atom. The molecule has 0 unspecified atom stereocenters. The van der Waals surface area contributed by atoms with Crippen molar-refractivity contribution in [3.63, 3.8) is 0 Å². The van der Waals surface area contributed by atoms with E-state index in [2.05, 4.69) is 190 Å². The quantitative estimate of drug-likeness (QED) is 0.173. The number of nitrogens with zero attached hydrogens (tertiary/aromatic N) is 2. The van der Waals surface area contributed by atoms with Crippen LogP contribution in [0.1, 0.15) is 89.5 Å². The Hall–Kier alpha value is -5.90. The minimum Gasteiger partial charge on any atom is -0.354 e. The van der Waals surface area contributed by atoms with E-state index in [-0.39, 0.29) is 19.5 Å². The second kappa shape index (κ2) is 15.9. The van der Waals surface area contributed by atoms with Gasteiger partial charge >= 0.3 is 0 Å². The van der Waals surface area contributed by atoms with Crippen LogP contribution in [-0.4, -0.2) is 19.9 Å². The van der Waals surface area contributed by atoms with Gasteiger partial charge in [-0.1, -0.05) is 70.8 Å². The van der Waals surface area contributed by atoms with Gasteiger partial charge in [0, 0.05) is 63.8 Å². The van der Waals surface area contributed by atoms with Crippen LogP contribution >= 0.6 is 0 Å². The molecule has 0 atom stereocenters. The number of fused-ring (bicyclic) bond motifs is 8.